The molecule has 15 heavy (non-hydrogen) atoms. The fraction of sp³-hybridized carbons (Fsp3) is 0.500. The number of carbonyl (C=O) groups excluding carboxylic acids is 1. The second kappa shape index (κ2) is 4.18. The predicted octanol–water partition coefficient (Wildman–Crippen LogP) is 3.02. The topological polar surface area (TPSA) is 17.1 Å². The van der Waals surface area contributed by atoms with Crippen LogP contribution in [0, 0.1) is 11.8 Å². The minimum atomic E-state index is 0.226. The van der Waals surface area contributed by atoms with Crippen molar-refractivity contribution in [1.29, 1.82) is 0 Å². The monoisotopic (exact) mass is 202 g/mol. The van der Waals surface area contributed by atoms with E-state index in [0.29, 0.717) is 5.78 Å². The normalized spacial score (nSPS) is 17.5. The lowest BCUT2D eigenvalue weighted by atomic mass is 9.90. The molecule has 0 fully saturated rings. The van der Waals surface area contributed by atoms with Crippen molar-refractivity contribution in [2.24, 2.45) is 11.8 Å². The summed E-state index contributed by atoms with van der Waals surface area (Å²) >= 11 is 0. The van der Waals surface area contributed by atoms with E-state index >= 15 is 0 Å². The van der Waals surface area contributed by atoms with Crippen LogP contribution in [-0.4, -0.2) is 5.78 Å². The summed E-state index contributed by atoms with van der Waals surface area (Å²) < 4.78 is 0. The van der Waals surface area contributed by atoms with E-state index in [1.807, 2.05) is 6.92 Å². The maximum Gasteiger partial charge on any atom is 0.139 e. The van der Waals surface area contributed by atoms with Gasteiger partial charge in [-0.05, 0) is 30.4 Å². The van der Waals surface area contributed by atoms with Gasteiger partial charge in [0.2, 0.25) is 0 Å². The molecule has 0 saturated carbocycles. The second-order valence-corrected chi connectivity index (χ2v) is 4.59. The van der Waals surface area contributed by atoms with Crippen molar-refractivity contribution >= 4 is 5.78 Å². The van der Waals surface area contributed by atoms with Crippen molar-refractivity contribution in [2.75, 3.05) is 0 Å². The summed E-state index contributed by atoms with van der Waals surface area (Å²) in [5.41, 5.74) is 2.75. The van der Waals surface area contributed by atoms with Gasteiger partial charge in [-0.3, -0.25) is 4.79 Å². The van der Waals surface area contributed by atoms with Gasteiger partial charge >= 0.3 is 0 Å². The zero-order valence-corrected chi connectivity index (χ0v) is 9.49. The molecule has 1 aromatic rings. The number of benzene rings is 1. The van der Waals surface area contributed by atoms with Crippen LogP contribution in [0.1, 0.15) is 31.4 Å². The smallest absolute Gasteiger partial charge is 0.139 e. The molecule has 0 radical (unpaired) electrons. The van der Waals surface area contributed by atoms with Crippen LogP contribution in [-0.2, 0) is 17.6 Å². The van der Waals surface area contributed by atoms with Gasteiger partial charge in [-0.15, -0.1) is 0 Å². The van der Waals surface area contributed by atoms with Gasteiger partial charge in [-0.25, -0.2) is 0 Å². The third-order valence-corrected chi connectivity index (χ3v) is 3.55. The highest BCUT2D eigenvalue weighted by molar-refractivity contribution is 5.84. The molecule has 1 aliphatic rings. The number of rotatable bonds is 3. The second-order valence-electron chi connectivity index (χ2n) is 4.59. The van der Waals surface area contributed by atoms with Crippen LogP contribution in [0.4, 0.5) is 0 Å². The molecule has 1 heteroatoms. The van der Waals surface area contributed by atoms with E-state index < -0.39 is 0 Å². The largest absolute Gasteiger partial charge is 0.299 e. The molecule has 0 aromatic heterocycles. The van der Waals surface area contributed by atoms with Gasteiger partial charge in [0.25, 0.3) is 0 Å². The molecule has 0 bridgehead atoms. The SMILES string of the molecule is CCC(C)C(=O)C1Cc2ccccc2C1. The molecule has 1 unspecified atom stereocenters. The summed E-state index contributed by atoms with van der Waals surface area (Å²) in [5, 5.41) is 0. The molecule has 1 atom stereocenters. The lowest BCUT2D eigenvalue weighted by molar-refractivity contribution is -0.126. The lowest BCUT2D eigenvalue weighted by Gasteiger charge is -2.12. The number of carbonyl (C=O) groups is 1. The molecule has 1 nitrogen and oxygen atoms in total. The molecule has 0 aliphatic heterocycles. The summed E-state index contributed by atoms with van der Waals surface area (Å²) in [7, 11) is 0. The van der Waals surface area contributed by atoms with Gasteiger partial charge in [0.05, 0.1) is 0 Å². The van der Waals surface area contributed by atoms with Crippen LogP contribution < -0.4 is 0 Å². The summed E-state index contributed by atoms with van der Waals surface area (Å²) in [5.74, 6) is 0.926. The van der Waals surface area contributed by atoms with Gasteiger partial charge in [-0.1, -0.05) is 38.1 Å². The molecular weight excluding hydrogens is 184 g/mol. The molecule has 0 spiro atoms. The first-order chi connectivity index (χ1) is 7.22. The van der Waals surface area contributed by atoms with Gasteiger partial charge in [-0.2, -0.15) is 0 Å². The molecule has 1 aromatic carbocycles. The van der Waals surface area contributed by atoms with E-state index in [0.717, 1.165) is 19.3 Å². The summed E-state index contributed by atoms with van der Waals surface area (Å²) in [6.07, 6.45) is 2.88. The first kappa shape index (κ1) is 10.4. The molecule has 0 amide bonds. The van der Waals surface area contributed by atoms with Crippen LogP contribution in [0.15, 0.2) is 24.3 Å². The summed E-state index contributed by atoms with van der Waals surface area (Å²) in [6, 6.07) is 8.43. The molecule has 0 N–H and O–H groups in total. The number of ketones is 1. The maximum atomic E-state index is 12.0. The van der Waals surface area contributed by atoms with Crippen molar-refractivity contribution < 1.29 is 4.79 Å². The van der Waals surface area contributed by atoms with E-state index in [1.165, 1.54) is 11.1 Å². The van der Waals surface area contributed by atoms with Gasteiger partial charge < -0.3 is 0 Å². The highest BCUT2D eigenvalue weighted by Gasteiger charge is 2.28. The van der Waals surface area contributed by atoms with Crippen LogP contribution in [0.25, 0.3) is 0 Å². The quantitative estimate of drug-likeness (QED) is 0.736. The molecule has 2 rings (SSSR count). The Balaban J connectivity index is 2.10. The van der Waals surface area contributed by atoms with Crippen LogP contribution in [0.3, 0.4) is 0 Å². The standard InChI is InChI=1S/C14H18O/c1-3-10(2)14(15)13-8-11-6-4-5-7-12(11)9-13/h4-7,10,13H,3,8-9H2,1-2H3. The Morgan fingerprint density at radius 2 is 1.87 bits per heavy atom. The van der Waals surface area contributed by atoms with Gasteiger partial charge in [0, 0.05) is 11.8 Å². The Morgan fingerprint density at radius 1 is 1.33 bits per heavy atom. The highest BCUT2D eigenvalue weighted by Crippen LogP contribution is 2.29. The molecule has 0 heterocycles. The van der Waals surface area contributed by atoms with Crippen molar-refractivity contribution in [3.8, 4) is 0 Å². The maximum absolute atomic E-state index is 12.0. The number of fused-ring (bicyclic) bond motifs is 1. The fourth-order valence-corrected chi connectivity index (χ4v) is 2.36. The third-order valence-electron chi connectivity index (χ3n) is 3.55. The summed E-state index contributed by atoms with van der Waals surface area (Å²) in [4.78, 5) is 12.0. The van der Waals surface area contributed by atoms with Gasteiger partial charge in [0.1, 0.15) is 5.78 Å². The first-order valence-electron chi connectivity index (χ1n) is 5.83. The fourth-order valence-electron chi connectivity index (χ4n) is 2.36. The molecular formula is C14H18O. The Kier molecular flexibility index (Phi) is 2.90. The predicted molar refractivity (Wildman–Crippen MR) is 61.8 cm³/mol. The number of hydrogen-bond donors (Lipinski definition) is 0. The van der Waals surface area contributed by atoms with E-state index in [4.69, 9.17) is 0 Å². The highest BCUT2D eigenvalue weighted by atomic mass is 16.1. The van der Waals surface area contributed by atoms with E-state index in [9.17, 15) is 4.79 Å². The van der Waals surface area contributed by atoms with Crippen LogP contribution >= 0.6 is 0 Å². The van der Waals surface area contributed by atoms with E-state index in [-0.39, 0.29) is 11.8 Å². The first-order valence-corrected chi connectivity index (χ1v) is 5.83. The van der Waals surface area contributed by atoms with E-state index in [1.54, 1.807) is 0 Å². The zero-order valence-electron chi connectivity index (χ0n) is 9.49. The number of hydrogen-bond acceptors (Lipinski definition) is 1. The number of Topliss-reactive ketones (excluding diaryl/α,β-unsaturated/α-hetero) is 1. The average Bonchev–Trinajstić information content (AvgIpc) is 2.70. The molecule has 0 saturated heterocycles. The summed E-state index contributed by atoms with van der Waals surface area (Å²) in [6.45, 7) is 4.13. The Hall–Kier alpha value is -1.11. The van der Waals surface area contributed by atoms with Crippen molar-refractivity contribution in [1.82, 2.24) is 0 Å². The lowest BCUT2D eigenvalue weighted by Crippen LogP contribution is -2.21. The Morgan fingerprint density at radius 3 is 2.33 bits per heavy atom. The third kappa shape index (κ3) is 1.97. The van der Waals surface area contributed by atoms with Crippen molar-refractivity contribution in [2.45, 2.75) is 33.1 Å². The van der Waals surface area contributed by atoms with Crippen LogP contribution in [0.2, 0.25) is 0 Å². The molecule has 1 aliphatic carbocycles. The average molecular weight is 202 g/mol. The van der Waals surface area contributed by atoms with Gasteiger partial charge in [0.15, 0.2) is 0 Å². The molecule has 80 valence electrons. The van der Waals surface area contributed by atoms with E-state index in [2.05, 4.69) is 31.2 Å². The Bertz CT molecular complexity index is 342. The van der Waals surface area contributed by atoms with Crippen molar-refractivity contribution in [3.05, 3.63) is 35.4 Å². The zero-order chi connectivity index (χ0) is 10.8. The van der Waals surface area contributed by atoms with Crippen LogP contribution in [0.5, 0.6) is 0 Å². The van der Waals surface area contributed by atoms with Crippen molar-refractivity contribution in [3.63, 3.8) is 0 Å². The minimum Gasteiger partial charge on any atom is -0.299 e. The Labute approximate surface area is 91.5 Å². The minimum absolute atomic E-state index is 0.226.